The van der Waals surface area contributed by atoms with E-state index in [0.29, 0.717) is 61.8 Å². The van der Waals surface area contributed by atoms with Crippen molar-refractivity contribution in [3.8, 4) is 5.75 Å². The van der Waals surface area contributed by atoms with Crippen molar-refractivity contribution in [2.75, 3.05) is 19.7 Å². The predicted molar refractivity (Wildman–Crippen MR) is 107 cm³/mol. The lowest BCUT2D eigenvalue weighted by Crippen LogP contribution is -2.49. The van der Waals surface area contributed by atoms with Crippen LogP contribution in [0.25, 0.3) is 0 Å². The van der Waals surface area contributed by atoms with E-state index < -0.39 is 0 Å². The van der Waals surface area contributed by atoms with Crippen LogP contribution in [0.4, 0.5) is 0 Å². The molecule has 8 nitrogen and oxygen atoms in total. The summed E-state index contributed by atoms with van der Waals surface area (Å²) in [6.45, 7) is 2.22. The summed E-state index contributed by atoms with van der Waals surface area (Å²) in [5, 5.41) is 11.8. The van der Waals surface area contributed by atoms with Gasteiger partial charge >= 0.3 is 0 Å². The topological polar surface area (TPSA) is 89.4 Å². The van der Waals surface area contributed by atoms with Gasteiger partial charge in [0.15, 0.2) is 0 Å². The maximum Gasteiger partial charge on any atom is 0.257 e. The number of hydrogen-bond acceptors (Lipinski definition) is 5. The van der Waals surface area contributed by atoms with Crippen LogP contribution in [-0.4, -0.2) is 57.4 Å². The lowest BCUT2D eigenvalue weighted by molar-refractivity contribution is -0.122. The zero-order valence-corrected chi connectivity index (χ0v) is 16.9. The number of piperidine rings is 1. The molecular formula is C20H24ClN5O3. The van der Waals surface area contributed by atoms with E-state index in [4.69, 9.17) is 16.3 Å². The largest absolute Gasteiger partial charge is 0.493 e. The standard InChI is InChI=1S/C20H24ClN5O3/c21-14-4-6-17-18(11-14)29-10-2-9-26-13-16(23-24-26)5-7-19(27)22-15-3-1-8-25(12-15)20(17)28/h4,6,11,13,15H,1-3,5,7-10,12H2,(H,22,27). The van der Waals surface area contributed by atoms with Crippen LogP contribution in [0.5, 0.6) is 5.75 Å². The highest BCUT2D eigenvalue weighted by Crippen LogP contribution is 2.26. The Hall–Kier alpha value is -2.61. The molecule has 1 aromatic heterocycles. The quantitative estimate of drug-likeness (QED) is 0.708. The molecule has 0 radical (unpaired) electrons. The first-order chi connectivity index (χ1) is 14.1. The van der Waals surface area contributed by atoms with E-state index in [2.05, 4.69) is 15.6 Å². The molecule has 1 unspecified atom stereocenters. The number of aromatic nitrogens is 3. The minimum absolute atomic E-state index is 0.0290. The molecule has 0 saturated carbocycles. The lowest BCUT2D eigenvalue weighted by Gasteiger charge is -2.33. The molecule has 3 heterocycles. The number of nitrogens with one attached hydrogen (secondary N) is 1. The molecule has 29 heavy (non-hydrogen) atoms. The number of halogens is 1. The predicted octanol–water partition coefficient (Wildman–Crippen LogP) is 2.07. The van der Waals surface area contributed by atoms with Gasteiger partial charge < -0.3 is 15.0 Å². The summed E-state index contributed by atoms with van der Waals surface area (Å²) < 4.78 is 7.65. The van der Waals surface area contributed by atoms with Crippen LogP contribution >= 0.6 is 11.6 Å². The highest BCUT2D eigenvalue weighted by molar-refractivity contribution is 6.30. The van der Waals surface area contributed by atoms with E-state index in [0.717, 1.165) is 18.5 Å². The molecule has 1 atom stereocenters. The summed E-state index contributed by atoms with van der Waals surface area (Å²) in [5.41, 5.74) is 1.29. The maximum absolute atomic E-state index is 13.1. The van der Waals surface area contributed by atoms with Crippen LogP contribution in [0.15, 0.2) is 24.4 Å². The summed E-state index contributed by atoms with van der Waals surface area (Å²) in [7, 11) is 0. The Morgan fingerprint density at radius 3 is 2.97 bits per heavy atom. The summed E-state index contributed by atoms with van der Waals surface area (Å²) in [6, 6.07) is 5.03. The van der Waals surface area contributed by atoms with Gasteiger partial charge in [0.05, 0.1) is 17.9 Å². The zero-order valence-electron chi connectivity index (χ0n) is 16.1. The Morgan fingerprint density at radius 2 is 2.07 bits per heavy atom. The molecule has 2 aromatic rings. The molecule has 2 aliphatic heterocycles. The summed E-state index contributed by atoms with van der Waals surface area (Å²) in [4.78, 5) is 27.3. The van der Waals surface area contributed by atoms with Crippen LogP contribution in [0.2, 0.25) is 5.02 Å². The minimum Gasteiger partial charge on any atom is -0.493 e. The van der Waals surface area contributed by atoms with Crippen molar-refractivity contribution in [3.05, 3.63) is 40.7 Å². The second-order valence-electron chi connectivity index (χ2n) is 7.47. The number of rotatable bonds is 0. The number of benzene rings is 1. The molecule has 1 N–H and O–H groups in total. The van der Waals surface area contributed by atoms with E-state index in [-0.39, 0.29) is 17.9 Å². The van der Waals surface area contributed by atoms with Crippen molar-refractivity contribution >= 4 is 23.4 Å². The van der Waals surface area contributed by atoms with E-state index in [1.54, 1.807) is 27.8 Å². The number of fused-ring (bicyclic) bond motifs is 5. The summed E-state index contributed by atoms with van der Waals surface area (Å²) in [5.74, 6) is 0.358. The molecule has 1 saturated heterocycles. The SMILES string of the molecule is O=C1CCc2cn(nn2)CCCOc2cc(Cl)ccc2C(=O)N2CCCC(C2)N1. The number of ether oxygens (including phenoxy) is 1. The molecule has 1 aromatic carbocycles. The highest BCUT2D eigenvalue weighted by Gasteiger charge is 2.27. The summed E-state index contributed by atoms with van der Waals surface area (Å²) >= 11 is 6.13. The second-order valence-corrected chi connectivity index (χ2v) is 7.91. The molecular weight excluding hydrogens is 394 g/mol. The second kappa shape index (κ2) is 8.82. The van der Waals surface area contributed by atoms with Crippen LogP contribution in [0.1, 0.15) is 41.7 Å². The van der Waals surface area contributed by atoms with Gasteiger partial charge in [-0.15, -0.1) is 5.10 Å². The molecule has 0 spiro atoms. The highest BCUT2D eigenvalue weighted by atomic mass is 35.5. The van der Waals surface area contributed by atoms with Gasteiger partial charge in [0, 0.05) is 56.2 Å². The van der Waals surface area contributed by atoms with Crippen LogP contribution in [-0.2, 0) is 17.8 Å². The molecule has 4 rings (SSSR count). The van der Waals surface area contributed by atoms with Crippen molar-refractivity contribution in [3.63, 3.8) is 0 Å². The number of carbonyl (C=O) groups is 2. The molecule has 2 aliphatic rings. The number of aryl methyl sites for hydroxylation is 2. The van der Waals surface area contributed by atoms with Gasteiger partial charge in [0.2, 0.25) is 5.91 Å². The fourth-order valence-electron chi connectivity index (χ4n) is 3.75. The first kappa shape index (κ1) is 19.7. The average molecular weight is 418 g/mol. The Morgan fingerprint density at radius 1 is 1.17 bits per heavy atom. The van der Waals surface area contributed by atoms with Gasteiger partial charge in [0.1, 0.15) is 5.75 Å². The number of carbonyl (C=O) groups excluding carboxylic acids is 2. The van der Waals surface area contributed by atoms with E-state index in [1.165, 1.54) is 0 Å². The Balaban J connectivity index is 1.58. The van der Waals surface area contributed by atoms with Gasteiger partial charge in [-0.2, -0.15) is 0 Å². The molecule has 154 valence electrons. The van der Waals surface area contributed by atoms with Gasteiger partial charge in [0.25, 0.3) is 5.91 Å². The third kappa shape index (κ3) is 4.87. The zero-order chi connectivity index (χ0) is 20.2. The maximum atomic E-state index is 13.1. The Labute approximate surface area is 174 Å². The fourth-order valence-corrected chi connectivity index (χ4v) is 3.92. The monoisotopic (exact) mass is 417 g/mol. The van der Waals surface area contributed by atoms with Crippen molar-refractivity contribution in [2.24, 2.45) is 0 Å². The molecule has 1 fully saturated rings. The van der Waals surface area contributed by atoms with Crippen LogP contribution in [0, 0.1) is 0 Å². The van der Waals surface area contributed by atoms with Gasteiger partial charge in [-0.1, -0.05) is 16.8 Å². The molecule has 4 bridgehead atoms. The van der Waals surface area contributed by atoms with Gasteiger partial charge in [-0.05, 0) is 31.0 Å². The van der Waals surface area contributed by atoms with Crippen molar-refractivity contribution in [2.45, 2.75) is 44.7 Å². The van der Waals surface area contributed by atoms with Crippen LogP contribution < -0.4 is 10.1 Å². The van der Waals surface area contributed by atoms with E-state index in [9.17, 15) is 9.59 Å². The average Bonchev–Trinajstić information content (AvgIpc) is 3.17. The third-order valence-corrected chi connectivity index (χ3v) is 5.47. The van der Waals surface area contributed by atoms with Crippen LogP contribution in [0.3, 0.4) is 0 Å². The number of nitrogens with zero attached hydrogens (tertiary/aromatic N) is 4. The minimum atomic E-state index is -0.0968. The smallest absolute Gasteiger partial charge is 0.257 e. The third-order valence-electron chi connectivity index (χ3n) is 5.23. The van der Waals surface area contributed by atoms with Crippen molar-refractivity contribution < 1.29 is 14.3 Å². The summed E-state index contributed by atoms with van der Waals surface area (Å²) in [6.07, 6.45) is 5.16. The van der Waals surface area contributed by atoms with E-state index >= 15 is 0 Å². The fraction of sp³-hybridized carbons (Fsp3) is 0.500. The lowest BCUT2D eigenvalue weighted by atomic mass is 10.0. The first-order valence-corrected chi connectivity index (χ1v) is 10.4. The first-order valence-electron chi connectivity index (χ1n) is 9.98. The van der Waals surface area contributed by atoms with E-state index in [1.807, 2.05) is 6.20 Å². The molecule has 9 heteroatoms. The van der Waals surface area contributed by atoms with Gasteiger partial charge in [-0.3, -0.25) is 14.3 Å². The van der Waals surface area contributed by atoms with Gasteiger partial charge in [-0.25, -0.2) is 0 Å². The molecule has 2 amide bonds. The Kier molecular flexibility index (Phi) is 5.99. The number of hydrogen-bond donors (Lipinski definition) is 1. The number of amides is 2. The molecule has 0 aliphatic carbocycles. The van der Waals surface area contributed by atoms with Crippen molar-refractivity contribution in [1.82, 2.24) is 25.2 Å². The normalized spacial score (nSPS) is 21.0. The Bertz CT molecular complexity index is 900. The van der Waals surface area contributed by atoms with Crippen molar-refractivity contribution in [1.29, 1.82) is 0 Å².